The Bertz CT molecular complexity index is 134. The molecule has 0 unspecified atom stereocenters. The molecule has 0 spiro atoms. The van der Waals surface area contributed by atoms with E-state index in [1.807, 2.05) is 0 Å². The number of rotatable bonds is 2. The van der Waals surface area contributed by atoms with Crippen LogP contribution in [0.15, 0.2) is 0 Å². The van der Waals surface area contributed by atoms with Gasteiger partial charge in [0.05, 0.1) is 0 Å². The first-order valence-electron chi connectivity index (χ1n) is 1.56. The van der Waals surface area contributed by atoms with E-state index in [9.17, 15) is 14.4 Å². The van der Waals surface area contributed by atoms with Crippen LogP contribution in [-0.4, -0.2) is 27.9 Å². The molecule has 0 radical (unpaired) electrons. The minimum absolute atomic E-state index is 0. The molecule has 0 aliphatic carbocycles. The van der Waals surface area contributed by atoms with Gasteiger partial charge in [-0.25, -0.2) is 9.59 Å². The predicted octanol–water partition coefficient (Wildman–Crippen LogP) is -1.28. The summed E-state index contributed by atoms with van der Waals surface area (Å²) in [6.45, 7) is 0. The zero-order valence-electron chi connectivity index (χ0n) is 4.12. The minimum atomic E-state index is -1.95. The van der Waals surface area contributed by atoms with Crippen molar-refractivity contribution in [1.82, 2.24) is 0 Å². The Morgan fingerprint density at radius 3 is 1.11 bits per heavy atom. The Hall–Kier alpha value is -0.338. The smallest absolute Gasteiger partial charge is 0.384 e. The second-order valence-corrected chi connectivity index (χ2v) is 0.939. The number of ketones is 1. The van der Waals surface area contributed by atoms with Gasteiger partial charge in [0.2, 0.25) is 0 Å². The van der Waals surface area contributed by atoms with Crippen molar-refractivity contribution >= 4 is 17.7 Å². The van der Waals surface area contributed by atoms with E-state index in [1.165, 1.54) is 0 Å². The van der Waals surface area contributed by atoms with Crippen LogP contribution >= 0.6 is 0 Å². The second kappa shape index (κ2) is 4.53. The van der Waals surface area contributed by atoms with Crippen molar-refractivity contribution in [3.8, 4) is 0 Å². The van der Waals surface area contributed by atoms with Crippen molar-refractivity contribution in [2.75, 3.05) is 0 Å². The third-order valence-electron chi connectivity index (χ3n) is 0.388. The van der Waals surface area contributed by atoms with E-state index in [-0.39, 0.29) is 31.1 Å². The zero-order chi connectivity index (χ0) is 6.73. The maximum Gasteiger partial charge on any atom is 0.384 e. The normalized spacial score (nSPS) is 7.11. The molecule has 0 aliphatic heterocycles. The van der Waals surface area contributed by atoms with E-state index >= 15 is 0 Å². The SMILES string of the molecule is O=C(O)C(=O)C(=O)O.[U]. The Labute approximate surface area is 73.4 Å². The summed E-state index contributed by atoms with van der Waals surface area (Å²) < 4.78 is 0. The van der Waals surface area contributed by atoms with Crippen LogP contribution < -0.4 is 0 Å². The summed E-state index contributed by atoms with van der Waals surface area (Å²) in [4.78, 5) is 28.5. The molecule has 0 aromatic heterocycles. The molecule has 0 fully saturated rings. The monoisotopic (exact) mass is 356 g/mol. The number of carbonyl (C=O) groups excluding carboxylic acids is 1. The van der Waals surface area contributed by atoms with Crippen LogP contribution in [0.1, 0.15) is 0 Å². The molecule has 0 bridgehead atoms. The minimum Gasteiger partial charge on any atom is -0.475 e. The summed E-state index contributed by atoms with van der Waals surface area (Å²) in [5, 5.41) is 15.2. The van der Waals surface area contributed by atoms with Crippen molar-refractivity contribution < 1.29 is 55.7 Å². The molecule has 0 rings (SSSR count). The third kappa shape index (κ3) is 4.18. The van der Waals surface area contributed by atoms with Crippen LogP contribution in [0, 0.1) is 31.1 Å². The number of carbonyl (C=O) groups is 3. The van der Waals surface area contributed by atoms with Gasteiger partial charge >= 0.3 is 17.7 Å². The summed E-state index contributed by atoms with van der Waals surface area (Å²) in [7, 11) is 0. The first kappa shape index (κ1) is 11.5. The van der Waals surface area contributed by atoms with E-state index in [1.54, 1.807) is 0 Å². The molecular formula is C3H2O5U. The summed E-state index contributed by atoms with van der Waals surface area (Å²) >= 11 is 0. The van der Waals surface area contributed by atoms with Crippen molar-refractivity contribution in [2.24, 2.45) is 0 Å². The van der Waals surface area contributed by atoms with Crippen LogP contribution in [0.5, 0.6) is 0 Å². The first-order valence-corrected chi connectivity index (χ1v) is 1.56. The van der Waals surface area contributed by atoms with Gasteiger partial charge in [-0.1, -0.05) is 0 Å². The van der Waals surface area contributed by atoms with Crippen LogP contribution in [0.4, 0.5) is 0 Å². The Kier molecular flexibility index (Phi) is 5.77. The number of carboxylic acid groups (broad SMARTS) is 2. The number of aliphatic carboxylic acids is 2. The van der Waals surface area contributed by atoms with Crippen molar-refractivity contribution in [2.45, 2.75) is 0 Å². The van der Waals surface area contributed by atoms with Gasteiger partial charge in [-0.2, -0.15) is 0 Å². The fourth-order valence-corrected chi connectivity index (χ4v) is 0.0915. The van der Waals surface area contributed by atoms with Crippen molar-refractivity contribution in [1.29, 1.82) is 0 Å². The number of Topliss-reactive ketones (excluding diaryl/α,β-unsaturated/α-hetero) is 1. The maximum atomic E-state index is 9.64. The fraction of sp³-hybridized carbons (Fsp3) is 0. The molecule has 0 heterocycles. The van der Waals surface area contributed by atoms with E-state index < -0.39 is 17.7 Å². The van der Waals surface area contributed by atoms with Gasteiger partial charge in [-0.3, -0.25) is 4.79 Å². The molecule has 0 amide bonds. The van der Waals surface area contributed by atoms with E-state index in [2.05, 4.69) is 0 Å². The van der Waals surface area contributed by atoms with Gasteiger partial charge in [-0.05, 0) is 0 Å². The largest absolute Gasteiger partial charge is 0.475 e. The molecule has 0 aliphatic rings. The topological polar surface area (TPSA) is 91.7 Å². The Morgan fingerprint density at radius 2 is 1.11 bits per heavy atom. The summed E-state index contributed by atoms with van der Waals surface area (Å²) in [5.74, 6) is -5.71. The van der Waals surface area contributed by atoms with Crippen LogP contribution in [0.25, 0.3) is 0 Å². The summed E-state index contributed by atoms with van der Waals surface area (Å²) in [5.41, 5.74) is 0. The molecule has 0 saturated heterocycles. The molecule has 0 aromatic rings. The van der Waals surface area contributed by atoms with Gasteiger partial charge < -0.3 is 10.2 Å². The van der Waals surface area contributed by atoms with Gasteiger partial charge in [0, 0.05) is 31.1 Å². The predicted molar refractivity (Wildman–Crippen MR) is 20.3 cm³/mol. The van der Waals surface area contributed by atoms with Gasteiger partial charge in [-0.15, -0.1) is 0 Å². The van der Waals surface area contributed by atoms with Crippen molar-refractivity contribution in [3.63, 3.8) is 0 Å². The van der Waals surface area contributed by atoms with Gasteiger partial charge in [0.1, 0.15) is 0 Å². The number of hydrogen-bond acceptors (Lipinski definition) is 3. The van der Waals surface area contributed by atoms with E-state index in [0.717, 1.165) is 0 Å². The first-order chi connectivity index (χ1) is 3.55. The number of hydrogen-bond donors (Lipinski definition) is 2. The molecule has 48 valence electrons. The number of carboxylic acids is 2. The molecule has 5 nitrogen and oxygen atoms in total. The molecule has 0 saturated carbocycles. The van der Waals surface area contributed by atoms with Crippen LogP contribution in [0.3, 0.4) is 0 Å². The van der Waals surface area contributed by atoms with Gasteiger partial charge in [0.25, 0.3) is 0 Å². The Morgan fingerprint density at radius 1 is 0.889 bits per heavy atom. The molecule has 6 heteroatoms. The van der Waals surface area contributed by atoms with Crippen LogP contribution in [0.2, 0.25) is 0 Å². The van der Waals surface area contributed by atoms with Crippen LogP contribution in [-0.2, 0) is 14.4 Å². The summed E-state index contributed by atoms with van der Waals surface area (Å²) in [6.07, 6.45) is 0. The maximum absolute atomic E-state index is 9.64. The molecule has 9 heavy (non-hydrogen) atoms. The van der Waals surface area contributed by atoms with Crippen molar-refractivity contribution in [3.05, 3.63) is 0 Å². The quantitative estimate of drug-likeness (QED) is 0.475. The third-order valence-corrected chi connectivity index (χ3v) is 0.388. The van der Waals surface area contributed by atoms with E-state index in [0.29, 0.717) is 0 Å². The van der Waals surface area contributed by atoms with E-state index in [4.69, 9.17) is 10.2 Å². The zero-order valence-corrected chi connectivity index (χ0v) is 8.28. The summed E-state index contributed by atoms with van der Waals surface area (Å²) in [6, 6.07) is 0. The molecule has 0 atom stereocenters. The molecule has 0 aromatic carbocycles. The fourth-order valence-electron chi connectivity index (χ4n) is 0.0915. The molecular weight excluding hydrogens is 354 g/mol. The van der Waals surface area contributed by atoms with Gasteiger partial charge in [0.15, 0.2) is 0 Å². The standard InChI is InChI=1S/C3H2O5.U/c4-1(2(5)6)3(7)8;/h(H,5,6)(H,7,8);. The second-order valence-electron chi connectivity index (χ2n) is 0.939. The average Bonchev–Trinajstić information content (AvgIpc) is 1.64. The Balaban J connectivity index is 0. The average molecular weight is 356 g/mol. The molecule has 2 N–H and O–H groups in total.